The van der Waals surface area contributed by atoms with Gasteiger partial charge in [-0.2, -0.15) is 0 Å². The highest BCUT2D eigenvalue weighted by Gasteiger charge is 2.15. The molecule has 0 unspecified atom stereocenters. The number of aromatic nitrogens is 2. The molecule has 1 N–H and O–H groups in total. The van der Waals surface area contributed by atoms with Gasteiger partial charge in [-0.05, 0) is 48.4 Å². The average molecular weight is 413 g/mol. The molecule has 4 aromatic rings. The Morgan fingerprint density at radius 2 is 1.79 bits per heavy atom. The van der Waals surface area contributed by atoms with E-state index in [1.54, 1.807) is 26.4 Å². The summed E-state index contributed by atoms with van der Waals surface area (Å²) >= 11 is 7.57. The molecule has 2 heterocycles. The Bertz CT molecular complexity index is 1250. The molecule has 0 saturated heterocycles. The summed E-state index contributed by atoms with van der Waals surface area (Å²) in [6.45, 7) is 1.94. The molecule has 0 fully saturated rings. The number of nitrogens with one attached hydrogen (secondary N) is 1. The van der Waals surface area contributed by atoms with Crippen LogP contribution in [-0.4, -0.2) is 24.2 Å². The van der Waals surface area contributed by atoms with Crippen LogP contribution in [0.4, 0.5) is 0 Å². The second kappa shape index (κ2) is 7.30. The van der Waals surface area contributed by atoms with E-state index in [2.05, 4.69) is 9.97 Å². The van der Waals surface area contributed by atoms with Crippen molar-refractivity contribution in [1.29, 1.82) is 0 Å². The summed E-state index contributed by atoms with van der Waals surface area (Å²) in [5.74, 6) is 1.68. The van der Waals surface area contributed by atoms with Crippen LogP contribution in [0.15, 0.2) is 46.6 Å². The minimum Gasteiger partial charge on any atom is -0.493 e. The predicted octanol–water partition coefficient (Wildman–Crippen LogP) is 5.30. The van der Waals surface area contributed by atoms with Gasteiger partial charge in [0, 0.05) is 21.5 Å². The van der Waals surface area contributed by atoms with Crippen LogP contribution in [0.1, 0.15) is 5.56 Å². The molecule has 0 aliphatic carbocycles. The molecule has 28 heavy (non-hydrogen) atoms. The zero-order valence-corrected chi connectivity index (χ0v) is 17.1. The lowest BCUT2D eigenvalue weighted by molar-refractivity contribution is 0.355. The lowest BCUT2D eigenvalue weighted by atomic mass is 10.0. The highest BCUT2D eigenvalue weighted by atomic mass is 35.5. The van der Waals surface area contributed by atoms with Crippen LogP contribution in [0, 0.1) is 6.92 Å². The number of hydrogen-bond donors (Lipinski definition) is 1. The number of rotatable bonds is 4. The third-order valence-corrected chi connectivity index (χ3v) is 5.87. The Hall–Kier alpha value is -2.83. The molecule has 0 radical (unpaired) electrons. The molecule has 0 saturated carbocycles. The van der Waals surface area contributed by atoms with E-state index < -0.39 is 0 Å². The molecule has 0 aliphatic heterocycles. The second-order valence-electron chi connectivity index (χ2n) is 6.28. The Balaban J connectivity index is 1.85. The first-order valence-corrected chi connectivity index (χ1v) is 9.78. The van der Waals surface area contributed by atoms with Gasteiger partial charge in [-0.25, -0.2) is 4.98 Å². The number of benzene rings is 2. The zero-order valence-electron chi connectivity index (χ0n) is 15.5. The smallest absolute Gasteiger partial charge is 0.260 e. The van der Waals surface area contributed by atoms with E-state index in [-0.39, 0.29) is 5.56 Å². The maximum absolute atomic E-state index is 12.9. The minimum absolute atomic E-state index is 0.182. The molecule has 0 aliphatic rings. The van der Waals surface area contributed by atoms with E-state index in [9.17, 15) is 4.79 Å². The third kappa shape index (κ3) is 3.15. The predicted molar refractivity (Wildman–Crippen MR) is 114 cm³/mol. The van der Waals surface area contributed by atoms with Crippen LogP contribution in [0.25, 0.3) is 32.7 Å². The standard InChI is InChI=1S/C21H17ClN2O3S/c1-11-8-12(4-6-15(11)22)14-10-28-21-18(14)20(25)23-19(24-21)13-5-7-16(26-2)17(9-13)27-3/h4-10H,1-3H3,(H,23,24,25). The fourth-order valence-electron chi connectivity index (χ4n) is 3.09. The van der Waals surface area contributed by atoms with Crippen molar-refractivity contribution in [3.8, 4) is 34.0 Å². The Morgan fingerprint density at radius 1 is 1.04 bits per heavy atom. The first-order valence-electron chi connectivity index (χ1n) is 8.52. The highest BCUT2D eigenvalue weighted by Crippen LogP contribution is 2.35. The van der Waals surface area contributed by atoms with Gasteiger partial charge in [0.05, 0.1) is 19.6 Å². The van der Waals surface area contributed by atoms with Gasteiger partial charge in [0.2, 0.25) is 0 Å². The Kier molecular flexibility index (Phi) is 4.83. The first-order chi connectivity index (χ1) is 13.5. The molecule has 2 aromatic heterocycles. The van der Waals surface area contributed by atoms with Gasteiger partial charge < -0.3 is 14.5 Å². The van der Waals surface area contributed by atoms with Crippen LogP contribution in [0.2, 0.25) is 5.02 Å². The van der Waals surface area contributed by atoms with Gasteiger partial charge >= 0.3 is 0 Å². The van der Waals surface area contributed by atoms with Crippen molar-refractivity contribution in [3.63, 3.8) is 0 Å². The Morgan fingerprint density at radius 3 is 2.50 bits per heavy atom. The molecule has 2 aromatic carbocycles. The summed E-state index contributed by atoms with van der Waals surface area (Å²) in [6.07, 6.45) is 0. The largest absolute Gasteiger partial charge is 0.493 e. The third-order valence-electron chi connectivity index (χ3n) is 4.57. The van der Waals surface area contributed by atoms with Crippen LogP contribution >= 0.6 is 22.9 Å². The Labute approximate surface area is 170 Å². The molecule has 7 heteroatoms. The van der Waals surface area contributed by atoms with E-state index in [4.69, 9.17) is 21.1 Å². The molecular weight excluding hydrogens is 396 g/mol. The average Bonchev–Trinajstić information content (AvgIpc) is 3.14. The molecule has 0 spiro atoms. The monoisotopic (exact) mass is 412 g/mol. The summed E-state index contributed by atoms with van der Waals surface area (Å²) in [6, 6.07) is 11.1. The fraction of sp³-hybridized carbons (Fsp3) is 0.143. The summed E-state index contributed by atoms with van der Waals surface area (Å²) in [5, 5.41) is 3.23. The number of aryl methyl sites for hydroxylation is 1. The van der Waals surface area contributed by atoms with E-state index in [0.717, 1.165) is 22.3 Å². The van der Waals surface area contributed by atoms with Crippen LogP contribution in [0.5, 0.6) is 11.5 Å². The summed E-state index contributed by atoms with van der Waals surface area (Å²) < 4.78 is 10.6. The second-order valence-corrected chi connectivity index (χ2v) is 7.54. The van der Waals surface area contributed by atoms with Crippen molar-refractivity contribution in [2.75, 3.05) is 14.2 Å². The summed E-state index contributed by atoms with van der Waals surface area (Å²) in [7, 11) is 3.15. The minimum atomic E-state index is -0.182. The van der Waals surface area contributed by atoms with Crippen molar-refractivity contribution in [1.82, 2.24) is 9.97 Å². The lowest BCUT2D eigenvalue weighted by Gasteiger charge is -2.09. The number of hydrogen-bond acceptors (Lipinski definition) is 5. The van der Waals surface area contributed by atoms with E-state index in [1.165, 1.54) is 11.3 Å². The lowest BCUT2D eigenvalue weighted by Crippen LogP contribution is -2.09. The maximum atomic E-state index is 12.9. The first kappa shape index (κ1) is 18.5. The van der Waals surface area contributed by atoms with Crippen molar-refractivity contribution in [2.24, 2.45) is 0 Å². The topological polar surface area (TPSA) is 64.2 Å². The van der Waals surface area contributed by atoms with Crippen molar-refractivity contribution in [3.05, 3.63) is 62.7 Å². The van der Waals surface area contributed by atoms with Gasteiger partial charge in [-0.3, -0.25) is 4.79 Å². The molecule has 0 atom stereocenters. The van der Waals surface area contributed by atoms with Crippen molar-refractivity contribution < 1.29 is 9.47 Å². The van der Waals surface area contributed by atoms with E-state index in [0.29, 0.717) is 32.6 Å². The van der Waals surface area contributed by atoms with Gasteiger partial charge in [-0.1, -0.05) is 17.7 Å². The number of ether oxygens (including phenoxy) is 2. The number of fused-ring (bicyclic) bond motifs is 1. The van der Waals surface area contributed by atoms with Gasteiger partial charge in [0.15, 0.2) is 11.5 Å². The highest BCUT2D eigenvalue weighted by molar-refractivity contribution is 7.17. The molecular formula is C21H17ClN2O3S. The van der Waals surface area contributed by atoms with Crippen LogP contribution in [0.3, 0.4) is 0 Å². The fourth-order valence-corrected chi connectivity index (χ4v) is 4.16. The summed E-state index contributed by atoms with van der Waals surface area (Å²) in [4.78, 5) is 21.1. The van der Waals surface area contributed by atoms with Gasteiger partial charge in [0.1, 0.15) is 10.7 Å². The van der Waals surface area contributed by atoms with Crippen LogP contribution in [-0.2, 0) is 0 Å². The number of H-pyrrole nitrogens is 1. The SMILES string of the molecule is COc1ccc(-c2nc3scc(-c4ccc(Cl)c(C)c4)c3c(=O)[nH]2)cc1OC. The number of thiophene rings is 1. The zero-order chi connectivity index (χ0) is 19.8. The molecule has 4 rings (SSSR count). The van der Waals surface area contributed by atoms with E-state index >= 15 is 0 Å². The summed E-state index contributed by atoms with van der Waals surface area (Å²) in [5.41, 5.74) is 3.32. The normalized spacial score (nSPS) is 11.0. The van der Waals surface area contributed by atoms with E-state index in [1.807, 2.05) is 36.6 Å². The molecule has 142 valence electrons. The molecule has 0 bridgehead atoms. The number of aromatic amines is 1. The quantitative estimate of drug-likeness (QED) is 0.494. The van der Waals surface area contributed by atoms with Crippen molar-refractivity contribution in [2.45, 2.75) is 6.92 Å². The molecule has 0 amide bonds. The van der Waals surface area contributed by atoms with Crippen LogP contribution < -0.4 is 15.0 Å². The number of nitrogens with zero attached hydrogens (tertiary/aromatic N) is 1. The maximum Gasteiger partial charge on any atom is 0.260 e. The van der Waals surface area contributed by atoms with Gasteiger partial charge in [-0.15, -0.1) is 11.3 Å². The van der Waals surface area contributed by atoms with Crippen molar-refractivity contribution >= 4 is 33.2 Å². The number of methoxy groups -OCH3 is 2. The number of halogens is 1. The van der Waals surface area contributed by atoms with Gasteiger partial charge in [0.25, 0.3) is 5.56 Å². The molecule has 5 nitrogen and oxygen atoms in total.